The van der Waals surface area contributed by atoms with Gasteiger partial charge in [-0.1, -0.05) is 17.7 Å². The summed E-state index contributed by atoms with van der Waals surface area (Å²) in [6, 6.07) is 10.3. The molecule has 224 valence electrons. The number of ether oxygens (including phenoxy) is 1. The van der Waals surface area contributed by atoms with Crippen molar-refractivity contribution >= 4 is 38.2 Å². The monoisotopic (exact) mass is 634 g/mol. The van der Waals surface area contributed by atoms with E-state index in [4.69, 9.17) is 16.3 Å². The van der Waals surface area contributed by atoms with Gasteiger partial charge in [0.25, 0.3) is 12.3 Å². The van der Waals surface area contributed by atoms with Gasteiger partial charge in [-0.05, 0) is 49.2 Å². The lowest BCUT2D eigenvalue weighted by molar-refractivity contribution is 0.0488. The average molecular weight is 635 g/mol. The average Bonchev–Trinajstić information content (AvgIpc) is 3.85. The standard InChI is InChI=1S/C29H23ClF4N4O4S/c30-20-7-16(8-24-19(20)12-42-13-25(31)43(24,40)41)29(39)36-11-17-9-23-15(10-35-17)3-5-21(37-23)22-6-4-18(26(32)28(33)34)27(38-22)14-1-2-14/h3-10,14,25-26,28H,1-2,11-13H2,(H,36,39)/t25-,26-/m1/s1. The van der Waals surface area contributed by atoms with Crippen molar-refractivity contribution in [3.8, 4) is 11.4 Å². The Morgan fingerprint density at radius 1 is 1.07 bits per heavy atom. The highest BCUT2D eigenvalue weighted by Crippen LogP contribution is 2.44. The summed E-state index contributed by atoms with van der Waals surface area (Å²) in [6.45, 7) is -0.904. The lowest BCUT2D eigenvalue weighted by atomic mass is 10.0. The van der Waals surface area contributed by atoms with Gasteiger partial charge in [0.05, 0.1) is 52.9 Å². The lowest BCUT2D eigenvalue weighted by Gasteiger charge is -2.14. The predicted octanol–water partition coefficient (Wildman–Crippen LogP) is 6.03. The van der Waals surface area contributed by atoms with Crippen LogP contribution in [0.1, 0.15) is 57.8 Å². The van der Waals surface area contributed by atoms with Gasteiger partial charge in [-0.3, -0.25) is 14.8 Å². The van der Waals surface area contributed by atoms with Gasteiger partial charge in [0.1, 0.15) is 0 Å². The van der Waals surface area contributed by atoms with Crippen molar-refractivity contribution in [3.05, 3.63) is 81.8 Å². The second-order valence-corrected chi connectivity index (χ2v) is 12.8. The third-order valence-corrected chi connectivity index (χ3v) is 9.44. The van der Waals surface area contributed by atoms with E-state index in [1.807, 2.05) is 0 Å². The fourth-order valence-electron chi connectivity index (χ4n) is 4.87. The Morgan fingerprint density at radius 3 is 2.56 bits per heavy atom. The van der Waals surface area contributed by atoms with E-state index in [1.165, 1.54) is 18.2 Å². The molecule has 0 bridgehead atoms. The van der Waals surface area contributed by atoms with E-state index in [2.05, 4.69) is 20.3 Å². The highest BCUT2D eigenvalue weighted by Gasteiger charge is 2.35. The number of halogens is 5. The lowest BCUT2D eigenvalue weighted by Crippen LogP contribution is -2.24. The molecule has 6 rings (SSSR count). The summed E-state index contributed by atoms with van der Waals surface area (Å²) in [5, 5.41) is 3.30. The number of aromatic nitrogens is 3. The smallest absolute Gasteiger partial charge is 0.273 e. The number of alkyl halides is 4. The van der Waals surface area contributed by atoms with Crippen molar-refractivity contribution in [2.45, 2.75) is 54.9 Å². The number of nitrogens with zero attached hydrogens (tertiary/aromatic N) is 3. The Hall–Kier alpha value is -3.68. The van der Waals surface area contributed by atoms with Crippen molar-refractivity contribution in [2.24, 2.45) is 0 Å². The van der Waals surface area contributed by atoms with Gasteiger partial charge in [0.2, 0.25) is 15.3 Å². The maximum absolute atomic E-state index is 14.2. The summed E-state index contributed by atoms with van der Waals surface area (Å²) >= 11 is 6.23. The van der Waals surface area contributed by atoms with Gasteiger partial charge in [0.15, 0.2) is 6.17 Å². The minimum absolute atomic E-state index is 0.0383. The molecule has 1 N–H and O–H groups in total. The third kappa shape index (κ3) is 5.80. The Morgan fingerprint density at radius 2 is 1.81 bits per heavy atom. The molecule has 1 saturated carbocycles. The van der Waals surface area contributed by atoms with Crippen molar-refractivity contribution in [1.82, 2.24) is 20.3 Å². The molecule has 14 heteroatoms. The van der Waals surface area contributed by atoms with Crippen LogP contribution in [0.25, 0.3) is 22.3 Å². The minimum Gasteiger partial charge on any atom is -0.373 e. The van der Waals surface area contributed by atoms with Crippen molar-refractivity contribution < 1.29 is 35.5 Å². The fraction of sp³-hybridized carbons (Fsp3) is 0.310. The van der Waals surface area contributed by atoms with Crippen LogP contribution < -0.4 is 5.32 Å². The minimum atomic E-state index is -4.40. The van der Waals surface area contributed by atoms with E-state index in [-0.39, 0.29) is 40.8 Å². The summed E-state index contributed by atoms with van der Waals surface area (Å²) in [5.74, 6) is -0.718. The molecule has 4 aromatic rings. The Balaban J connectivity index is 1.23. The fourth-order valence-corrected chi connectivity index (χ4v) is 6.55. The number of hydrogen-bond acceptors (Lipinski definition) is 7. The van der Waals surface area contributed by atoms with Crippen LogP contribution in [-0.4, -0.2) is 47.8 Å². The van der Waals surface area contributed by atoms with E-state index in [0.717, 1.165) is 18.9 Å². The second-order valence-electron chi connectivity index (χ2n) is 10.3. The maximum atomic E-state index is 14.2. The van der Waals surface area contributed by atoms with Gasteiger partial charge in [0, 0.05) is 39.2 Å². The molecule has 0 unspecified atom stereocenters. The number of nitrogens with one attached hydrogen (secondary N) is 1. The molecule has 4 heterocycles. The van der Waals surface area contributed by atoms with Crippen molar-refractivity contribution in [1.29, 1.82) is 0 Å². The normalized spacial score (nSPS) is 18.7. The summed E-state index contributed by atoms with van der Waals surface area (Å²) in [6.07, 6.45) is -2.49. The molecule has 0 spiro atoms. The molecule has 0 radical (unpaired) electrons. The zero-order valence-electron chi connectivity index (χ0n) is 22.2. The molecule has 2 aliphatic rings. The number of hydrogen-bond donors (Lipinski definition) is 1. The maximum Gasteiger partial charge on any atom is 0.273 e. The van der Waals surface area contributed by atoms with Gasteiger partial charge < -0.3 is 10.1 Å². The number of rotatable bonds is 7. The first-order valence-electron chi connectivity index (χ1n) is 13.3. The Labute approximate surface area is 248 Å². The van der Waals surface area contributed by atoms with Gasteiger partial charge in [-0.2, -0.15) is 0 Å². The molecule has 0 saturated heterocycles. The van der Waals surface area contributed by atoms with Crippen LogP contribution >= 0.6 is 11.6 Å². The summed E-state index contributed by atoms with van der Waals surface area (Å²) in [4.78, 5) is 26.0. The number of carbonyl (C=O) groups is 1. The number of carbonyl (C=O) groups excluding carboxylic acids is 1. The molecule has 3 aromatic heterocycles. The molecule has 2 atom stereocenters. The zero-order valence-corrected chi connectivity index (χ0v) is 23.8. The van der Waals surface area contributed by atoms with Crippen LogP contribution in [0, 0.1) is 0 Å². The summed E-state index contributed by atoms with van der Waals surface area (Å²) in [5.41, 5.74) is -0.248. The molecule has 1 aliphatic carbocycles. The summed E-state index contributed by atoms with van der Waals surface area (Å²) in [7, 11) is -4.40. The van der Waals surface area contributed by atoms with E-state index in [9.17, 15) is 30.8 Å². The van der Waals surface area contributed by atoms with Crippen LogP contribution in [0.15, 0.2) is 53.6 Å². The van der Waals surface area contributed by atoms with Crippen LogP contribution in [0.4, 0.5) is 17.6 Å². The van der Waals surface area contributed by atoms with Gasteiger partial charge in [-0.15, -0.1) is 0 Å². The SMILES string of the molecule is O=C(NCc1cc2nc(-c3ccc([C@@H](F)C(F)F)c(C4CC4)n3)ccc2cn1)c1cc(Cl)c2c(c1)S(=O)(=O)[C@@H](F)COC2. The molecule has 1 fully saturated rings. The van der Waals surface area contributed by atoms with E-state index >= 15 is 0 Å². The molecular weight excluding hydrogens is 612 g/mol. The zero-order chi connectivity index (χ0) is 30.5. The quantitative estimate of drug-likeness (QED) is 0.247. The van der Waals surface area contributed by atoms with Crippen LogP contribution in [0.3, 0.4) is 0 Å². The van der Waals surface area contributed by atoms with E-state index in [0.29, 0.717) is 33.7 Å². The van der Waals surface area contributed by atoms with Crippen LogP contribution in [0.2, 0.25) is 5.02 Å². The Kier molecular flexibility index (Phi) is 7.82. The molecule has 1 amide bonds. The van der Waals surface area contributed by atoms with Crippen molar-refractivity contribution in [2.75, 3.05) is 6.61 Å². The van der Waals surface area contributed by atoms with Crippen LogP contribution in [0.5, 0.6) is 0 Å². The van der Waals surface area contributed by atoms with Crippen molar-refractivity contribution in [3.63, 3.8) is 0 Å². The first-order valence-corrected chi connectivity index (χ1v) is 15.2. The number of pyridine rings is 3. The van der Waals surface area contributed by atoms with E-state index in [1.54, 1.807) is 24.4 Å². The van der Waals surface area contributed by atoms with Gasteiger partial charge >= 0.3 is 0 Å². The molecular formula is C29H23ClF4N4O4S. The predicted molar refractivity (Wildman–Crippen MR) is 149 cm³/mol. The largest absolute Gasteiger partial charge is 0.373 e. The third-order valence-electron chi connectivity index (χ3n) is 7.32. The molecule has 1 aromatic carbocycles. The Bertz CT molecular complexity index is 1860. The molecule has 8 nitrogen and oxygen atoms in total. The second kappa shape index (κ2) is 11.4. The van der Waals surface area contributed by atoms with E-state index < -0.39 is 45.3 Å². The topological polar surface area (TPSA) is 111 Å². The number of sulfone groups is 1. The molecule has 43 heavy (non-hydrogen) atoms. The number of benzene rings is 1. The highest BCUT2D eigenvalue weighted by atomic mass is 35.5. The molecule has 1 aliphatic heterocycles. The number of fused-ring (bicyclic) bond motifs is 2. The van der Waals surface area contributed by atoms with Gasteiger partial charge in [-0.25, -0.2) is 31.0 Å². The number of amides is 1. The summed E-state index contributed by atoms with van der Waals surface area (Å²) < 4.78 is 84.8. The first kappa shape index (κ1) is 29.4. The highest BCUT2D eigenvalue weighted by molar-refractivity contribution is 7.92. The first-order chi connectivity index (χ1) is 20.5. The van der Waals surface area contributed by atoms with Crippen LogP contribution in [-0.2, 0) is 27.7 Å².